The molecule has 4 aromatic rings. The Morgan fingerprint density at radius 2 is 1.81 bits per heavy atom. The van der Waals surface area contributed by atoms with Crippen LogP contribution in [0.2, 0.25) is 0 Å². The zero-order valence-corrected chi connectivity index (χ0v) is 15.8. The lowest BCUT2D eigenvalue weighted by molar-refractivity contribution is 0.0698. The number of sulfonamides is 1. The molecule has 2 heterocycles. The first-order valence-corrected chi connectivity index (χ1v) is 10.3. The van der Waals surface area contributed by atoms with E-state index in [1.54, 1.807) is 12.1 Å². The minimum atomic E-state index is -3.95. The van der Waals surface area contributed by atoms with Gasteiger partial charge in [-0.1, -0.05) is 35.9 Å². The van der Waals surface area contributed by atoms with Crippen LogP contribution in [-0.4, -0.2) is 24.5 Å². The highest BCUT2D eigenvalue weighted by Gasteiger charge is 2.23. The summed E-state index contributed by atoms with van der Waals surface area (Å²) in [6.07, 6.45) is 1.19. The van der Waals surface area contributed by atoms with E-state index < -0.39 is 16.0 Å². The Morgan fingerprint density at radius 3 is 2.52 bits per heavy atom. The highest BCUT2D eigenvalue weighted by Crippen LogP contribution is 2.39. The maximum absolute atomic E-state index is 12.8. The van der Waals surface area contributed by atoms with E-state index in [0.29, 0.717) is 10.2 Å². The van der Waals surface area contributed by atoms with Crippen molar-refractivity contribution < 1.29 is 18.3 Å². The number of benzene rings is 2. The van der Waals surface area contributed by atoms with Crippen LogP contribution in [0.15, 0.2) is 59.6 Å². The number of aromatic carboxylic acids is 1. The average Bonchev–Trinajstić information content (AvgIpc) is 3.01. The van der Waals surface area contributed by atoms with E-state index >= 15 is 0 Å². The van der Waals surface area contributed by atoms with Crippen LogP contribution in [0, 0.1) is 6.92 Å². The fraction of sp³-hybridized carbons (Fsp3) is 0.0526. The van der Waals surface area contributed by atoms with Crippen LogP contribution in [0.3, 0.4) is 0 Å². The van der Waals surface area contributed by atoms with Crippen LogP contribution in [0.5, 0.6) is 0 Å². The fourth-order valence-electron chi connectivity index (χ4n) is 2.82. The average molecular weight is 398 g/mol. The quantitative estimate of drug-likeness (QED) is 0.535. The molecule has 2 aromatic carbocycles. The lowest BCUT2D eigenvalue weighted by Crippen LogP contribution is -2.16. The third-order valence-electron chi connectivity index (χ3n) is 4.19. The van der Waals surface area contributed by atoms with Crippen molar-refractivity contribution in [2.24, 2.45) is 0 Å². The van der Waals surface area contributed by atoms with Crippen molar-refractivity contribution in [2.75, 3.05) is 4.72 Å². The van der Waals surface area contributed by atoms with Crippen LogP contribution in [0.4, 0.5) is 5.69 Å². The molecule has 0 fully saturated rings. The van der Waals surface area contributed by atoms with E-state index in [0.717, 1.165) is 15.6 Å². The van der Waals surface area contributed by atoms with Crippen molar-refractivity contribution in [1.82, 2.24) is 4.98 Å². The molecule has 0 spiro atoms. The second kappa shape index (κ2) is 6.33. The summed E-state index contributed by atoms with van der Waals surface area (Å²) in [6, 6.07) is 13.8. The molecule has 136 valence electrons. The van der Waals surface area contributed by atoms with E-state index in [-0.39, 0.29) is 16.1 Å². The smallest absolute Gasteiger partial charge is 0.339 e. The molecule has 27 heavy (non-hydrogen) atoms. The normalized spacial score (nSPS) is 11.7. The SMILES string of the molecule is Cc1ccc(S(=O)(=O)Nc2c(C(=O)O)cnc3c2sc2ccccc23)cc1. The number of carboxylic acids is 1. The van der Waals surface area contributed by atoms with Crippen LogP contribution in [0.25, 0.3) is 20.3 Å². The number of anilines is 1. The summed E-state index contributed by atoms with van der Waals surface area (Å²) < 4.78 is 29.5. The van der Waals surface area contributed by atoms with Gasteiger partial charge in [-0.25, -0.2) is 13.2 Å². The summed E-state index contributed by atoms with van der Waals surface area (Å²) >= 11 is 1.31. The number of aryl methyl sites for hydroxylation is 1. The number of thiophene rings is 1. The van der Waals surface area contributed by atoms with Gasteiger partial charge in [0, 0.05) is 16.3 Å². The maximum Gasteiger partial charge on any atom is 0.339 e. The summed E-state index contributed by atoms with van der Waals surface area (Å²) in [5.74, 6) is -1.25. The van der Waals surface area contributed by atoms with Gasteiger partial charge in [-0.2, -0.15) is 0 Å². The van der Waals surface area contributed by atoms with E-state index in [2.05, 4.69) is 9.71 Å². The van der Waals surface area contributed by atoms with Crippen LogP contribution in [0.1, 0.15) is 15.9 Å². The largest absolute Gasteiger partial charge is 0.478 e. The predicted octanol–water partition coefficient (Wildman–Crippen LogP) is 4.26. The summed E-state index contributed by atoms with van der Waals surface area (Å²) in [6.45, 7) is 1.86. The standard InChI is InChI=1S/C19H14N2O4S2/c1-11-6-8-12(9-7-11)27(24,25)21-17-14(19(22)23)10-20-16-13-4-2-3-5-15(13)26-18(16)17/h2-10H,1H3,(H,20,21)(H,22,23). The molecular formula is C19H14N2O4S2. The molecule has 0 aliphatic heterocycles. The first kappa shape index (κ1) is 17.4. The second-order valence-electron chi connectivity index (χ2n) is 6.05. The molecule has 4 rings (SSSR count). The van der Waals surface area contributed by atoms with Gasteiger partial charge >= 0.3 is 5.97 Å². The summed E-state index contributed by atoms with van der Waals surface area (Å²) in [4.78, 5) is 16.0. The summed E-state index contributed by atoms with van der Waals surface area (Å²) in [5, 5.41) is 10.4. The van der Waals surface area contributed by atoms with Gasteiger partial charge in [0.15, 0.2) is 0 Å². The maximum atomic E-state index is 12.8. The van der Waals surface area contributed by atoms with Crippen molar-refractivity contribution in [3.8, 4) is 0 Å². The Labute approximate surface area is 159 Å². The van der Waals surface area contributed by atoms with Crippen molar-refractivity contribution >= 4 is 53.3 Å². The number of hydrogen-bond donors (Lipinski definition) is 2. The molecule has 0 saturated carbocycles. The first-order chi connectivity index (χ1) is 12.9. The van der Waals surface area contributed by atoms with E-state index in [1.807, 2.05) is 31.2 Å². The second-order valence-corrected chi connectivity index (χ2v) is 8.78. The van der Waals surface area contributed by atoms with E-state index in [1.165, 1.54) is 29.7 Å². The first-order valence-electron chi connectivity index (χ1n) is 8.00. The molecule has 0 aliphatic carbocycles. The van der Waals surface area contributed by atoms with Gasteiger partial charge in [0.05, 0.1) is 20.8 Å². The third-order valence-corrected chi connectivity index (χ3v) is 6.73. The number of fused-ring (bicyclic) bond motifs is 3. The minimum Gasteiger partial charge on any atom is -0.478 e. The number of nitrogens with one attached hydrogen (secondary N) is 1. The molecule has 0 saturated heterocycles. The topological polar surface area (TPSA) is 96.4 Å². The highest BCUT2D eigenvalue weighted by atomic mass is 32.2. The Bertz CT molecular complexity index is 1290. The summed E-state index contributed by atoms with van der Waals surface area (Å²) in [7, 11) is -3.95. The number of carbonyl (C=O) groups is 1. The van der Waals surface area contributed by atoms with Gasteiger partial charge < -0.3 is 5.11 Å². The number of carboxylic acid groups (broad SMARTS) is 1. The van der Waals surface area contributed by atoms with Crippen molar-refractivity contribution in [3.05, 3.63) is 65.9 Å². The van der Waals surface area contributed by atoms with Crippen LogP contribution >= 0.6 is 11.3 Å². The van der Waals surface area contributed by atoms with Crippen molar-refractivity contribution in [3.63, 3.8) is 0 Å². The van der Waals surface area contributed by atoms with Crippen molar-refractivity contribution in [1.29, 1.82) is 0 Å². The number of aromatic nitrogens is 1. The Hall–Kier alpha value is -2.97. The fourth-order valence-corrected chi connectivity index (χ4v) is 5.14. The number of pyridine rings is 1. The number of rotatable bonds is 4. The zero-order chi connectivity index (χ0) is 19.2. The lowest BCUT2D eigenvalue weighted by atomic mass is 10.2. The Kier molecular flexibility index (Phi) is 4.09. The molecule has 0 bridgehead atoms. The van der Waals surface area contributed by atoms with Gasteiger partial charge in [0.1, 0.15) is 5.56 Å². The predicted molar refractivity (Wildman–Crippen MR) is 106 cm³/mol. The van der Waals surface area contributed by atoms with Gasteiger partial charge in [-0.3, -0.25) is 9.71 Å². The Balaban J connectivity index is 1.94. The molecule has 2 aromatic heterocycles. The molecule has 0 unspecified atom stereocenters. The third kappa shape index (κ3) is 3.02. The summed E-state index contributed by atoms with van der Waals surface area (Å²) in [5.41, 5.74) is 1.34. The lowest BCUT2D eigenvalue weighted by Gasteiger charge is -2.11. The Morgan fingerprint density at radius 1 is 1.11 bits per heavy atom. The molecule has 0 radical (unpaired) electrons. The van der Waals surface area contributed by atoms with E-state index in [4.69, 9.17) is 0 Å². The van der Waals surface area contributed by atoms with Gasteiger partial charge in [-0.05, 0) is 25.1 Å². The molecule has 6 nitrogen and oxygen atoms in total. The number of nitrogens with zero attached hydrogens (tertiary/aromatic N) is 1. The highest BCUT2D eigenvalue weighted by molar-refractivity contribution is 7.92. The minimum absolute atomic E-state index is 0.0364. The van der Waals surface area contributed by atoms with E-state index in [9.17, 15) is 18.3 Å². The molecule has 8 heteroatoms. The molecule has 2 N–H and O–H groups in total. The number of hydrogen-bond acceptors (Lipinski definition) is 5. The van der Waals surface area contributed by atoms with Gasteiger partial charge in [0.2, 0.25) is 0 Å². The monoisotopic (exact) mass is 398 g/mol. The molecule has 0 atom stereocenters. The van der Waals surface area contributed by atoms with Gasteiger partial charge in [-0.15, -0.1) is 11.3 Å². The molecular weight excluding hydrogens is 384 g/mol. The molecule has 0 amide bonds. The van der Waals surface area contributed by atoms with Gasteiger partial charge in [0.25, 0.3) is 10.0 Å². The van der Waals surface area contributed by atoms with Crippen LogP contribution in [-0.2, 0) is 10.0 Å². The van der Waals surface area contributed by atoms with Crippen LogP contribution < -0.4 is 4.72 Å². The zero-order valence-electron chi connectivity index (χ0n) is 14.1. The molecule has 0 aliphatic rings. The van der Waals surface area contributed by atoms with Crippen molar-refractivity contribution in [2.45, 2.75) is 11.8 Å².